The predicted molar refractivity (Wildman–Crippen MR) is 153 cm³/mol. The van der Waals surface area contributed by atoms with E-state index in [1.165, 1.54) is 5.52 Å². The monoisotopic (exact) mass is 533 g/mol. The molecule has 1 heterocycles. The summed E-state index contributed by atoms with van der Waals surface area (Å²) in [5.74, 6) is 2.72. The third-order valence-electron chi connectivity index (χ3n) is 6.51. The molecule has 3 aromatic carbocycles. The summed E-state index contributed by atoms with van der Waals surface area (Å²) in [6.45, 7) is 2.24. The molecule has 6 nitrogen and oxygen atoms in total. The number of hydrogen-bond acceptors (Lipinski definition) is 4. The Morgan fingerprint density at radius 1 is 0.895 bits per heavy atom. The fraction of sp³-hybridized carbons (Fsp3) is 0.355. The molecule has 4 rings (SSSR count). The third-order valence-corrected chi connectivity index (χ3v) is 6.77. The van der Waals surface area contributed by atoms with Crippen LogP contribution in [0.25, 0.3) is 11.0 Å². The van der Waals surface area contributed by atoms with Crippen LogP contribution in [0, 0.1) is 0 Å². The Morgan fingerprint density at radius 3 is 2.47 bits per heavy atom. The van der Waals surface area contributed by atoms with Gasteiger partial charge < -0.3 is 19.4 Å². The fourth-order valence-corrected chi connectivity index (χ4v) is 4.65. The zero-order valence-corrected chi connectivity index (χ0v) is 22.8. The van der Waals surface area contributed by atoms with Gasteiger partial charge in [0.05, 0.1) is 31.2 Å². The van der Waals surface area contributed by atoms with Crippen molar-refractivity contribution in [1.82, 2.24) is 14.9 Å². The summed E-state index contributed by atoms with van der Waals surface area (Å²) >= 11 is 5.91. The summed E-state index contributed by atoms with van der Waals surface area (Å²) in [6, 6.07) is 23.5. The van der Waals surface area contributed by atoms with E-state index in [1.54, 1.807) is 7.11 Å². The minimum atomic E-state index is 0.0452. The highest BCUT2D eigenvalue weighted by atomic mass is 35.5. The minimum absolute atomic E-state index is 0.0452. The van der Waals surface area contributed by atoms with Crippen LogP contribution >= 0.6 is 11.6 Å². The van der Waals surface area contributed by atoms with Crippen LogP contribution in [-0.2, 0) is 24.2 Å². The summed E-state index contributed by atoms with van der Waals surface area (Å²) in [7, 11) is 1.66. The zero-order valence-electron chi connectivity index (χ0n) is 22.0. The van der Waals surface area contributed by atoms with Crippen molar-refractivity contribution >= 4 is 28.5 Å². The first-order chi connectivity index (χ1) is 18.6. The predicted octanol–water partition coefficient (Wildman–Crippen LogP) is 6.63. The maximum Gasteiger partial charge on any atom is 0.224 e. The Kier molecular flexibility index (Phi) is 10.5. The second-order valence-electron chi connectivity index (χ2n) is 9.34. The van der Waals surface area contributed by atoms with Crippen molar-refractivity contribution in [1.29, 1.82) is 0 Å². The molecule has 0 bridgehead atoms. The molecule has 0 saturated heterocycles. The number of para-hydroxylation sites is 4. The first-order valence-corrected chi connectivity index (χ1v) is 13.7. The van der Waals surface area contributed by atoms with E-state index in [2.05, 4.69) is 28.1 Å². The lowest BCUT2D eigenvalue weighted by Crippen LogP contribution is -2.26. The van der Waals surface area contributed by atoms with E-state index in [0.717, 1.165) is 73.5 Å². The summed E-state index contributed by atoms with van der Waals surface area (Å²) in [4.78, 5) is 17.1. The van der Waals surface area contributed by atoms with E-state index in [4.69, 9.17) is 26.1 Å². The van der Waals surface area contributed by atoms with Crippen molar-refractivity contribution in [3.05, 3.63) is 89.2 Å². The van der Waals surface area contributed by atoms with Gasteiger partial charge in [-0.1, -0.05) is 54.4 Å². The molecule has 38 heavy (non-hydrogen) atoms. The molecule has 0 spiro atoms. The number of carbonyl (C=O) groups is 1. The number of aryl methyl sites for hydroxylation is 2. The maximum atomic E-state index is 12.2. The molecule has 0 aliphatic carbocycles. The Labute approximate surface area is 229 Å². The standard InChI is InChI=1S/C31H36ClN3O3/c1-37-28-13-6-7-14-29(28)38-22-10-9-21-35-27-12-5-4-11-26(27)34-30(35)15-3-2-8-20-33-31(36)23-24-16-18-25(32)19-17-24/h4-7,11-14,16-19H,2-3,8-10,15,20-23H2,1H3,(H,33,36). The number of amides is 1. The number of aromatic nitrogens is 2. The lowest BCUT2D eigenvalue weighted by Gasteiger charge is -2.12. The smallest absolute Gasteiger partial charge is 0.224 e. The van der Waals surface area contributed by atoms with Crippen LogP contribution in [0.3, 0.4) is 0 Å². The highest BCUT2D eigenvalue weighted by Gasteiger charge is 2.11. The normalized spacial score (nSPS) is 11.0. The van der Waals surface area contributed by atoms with Gasteiger partial charge in [-0.2, -0.15) is 0 Å². The molecule has 0 aliphatic heterocycles. The van der Waals surface area contributed by atoms with Crippen LogP contribution < -0.4 is 14.8 Å². The van der Waals surface area contributed by atoms with Crippen molar-refractivity contribution in [3.63, 3.8) is 0 Å². The molecule has 4 aromatic rings. The van der Waals surface area contributed by atoms with Crippen LogP contribution in [0.1, 0.15) is 43.5 Å². The summed E-state index contributed by atoms with van der Waals surface area (Å²) in [5, 5.41) is 3.70. The van der Waals surface area contributed by atoms with Crippen molar-refractivity contribution < 1.29 is 14.3 Å². The Bertz CT molecular complexity index is 1300. The Balaban J connectivity index is 1.19. The van der Waals surface area contributed by atoms with Gasteiger partial charge in [-0.15, -0.1) is 0 Å². The van der Waals surface area contributed by atoms with Gasteiger partial charge in [0.15, 0.2) is 11.5 Å². The number of unbranched alkanes of at least 4 members (excludes halogenated alkanes) is 3. The van der Waals surface area contributed by atoms with Gasteiger partial charge in [-0.3, -0.25) is 4.79 Å². The molecule has 0 saturated carbocycles. The highest BCUT2D eigenvalue weighted by Crippen LogP contribution is 2.26. The number of rotatable bonds is 15. The molecule has 200 valence electrons. The van der Waals surface area contributed by atoms with E-state index in [-0.39, 0.29) is 5.91 Å². The summed E-state index contributed by atoms with van der Waals surface area (Å²) in [6.07, 6.45) is 6.27. The molecular weight excluding hydrogens is 498 g/mol. The number of ether oxygens (including phenoxy) is 2. The zero-order chi connectivity index (χ0) is 26.6. The molecule has 1 aromatic heterocycles. The Hall–Kier alpha value is -3.51. The van der Waals surface area contributed by atoms with Crippen molar-refractivity contribution in [2.75, 3.05) is 20.3 Å². The topological polar surface area (TPSA) is 65.4 Å². The second kappa shape index (κ2) is 14.4. The average Bonchev–Trinajstić information content (AvgIpc) is 3.29. The second-order valence-corrected chi connectivity index (χ2v) is 9.78. The maximum absolute atomic E-state index is 12.2. The average molecular weight is 534 g/mol. The van der Waals surface area contributed by atoms with Crippen LogP contribution in [0.5, 0.6) is 11.5 Å². The van der Waals surface area contributed by atoms with Crippen molar-refractivity contribution in [2.24, 2.45) is 0 Å². The van der Waals surface area contributed by atoms with E-state index < -0.39 is 0 Å². The van der Waals surface area contributed by atoms with E-state index >= 15 is 0 Å². The van der Waals surface area contributed by atoms with Crippen LogP contribution in [0.2, 0.25) is 5.02 Å². The van der Waals surface area contributed by atoms with Crippen LogP contribution in [-0.4, -0.2) is 35.7 Å². The number of fused-ring (bicyclic) bond motifs is 1. The van der Waals surface area contributed by atoms with Gasteiger partial charge in [-0.05, 0) is 67.6 Å². The van der Waals surface area contributed by atoms with E-state index in [9.17, 15) is 4.79 Å². The number of nitrogens with zero attached hydrogens (tertiary/aromatic N) is 2. The van der Waals surface area contributed by atoms with E-state index in [0.29, 0.717) is 24.6 Å². The molecular formula is C31H36ClN3O3. The largest absolute Gasteiger partial charge is 0.493 e. The number of methoxy groups -OCH3 is 1. The molecule has 1 amide bonds. The van der Waals surface area contributed by atoms with Gasteiger partial charge in [0, 0.05) is 24.5 Å². The van der Waals surface area contributed by atoms with E-state index in [1.807, 2.05) is 54.6 Å². The van der Waals surface area contributed by atoms with Crippen molar-refractivity contribution in [3.8, 4) is 11.5 Å². The number of imidazole rings is 1. The SMILES string of the molecule is COc1ccccc1OCCCCn1c(CCCCCNC(=O)Cc2ccc(Cl)cc2)nc2ccccc21. The molecule has 0 unspecified atom stereocenters. The number of halogens is 1. The number of hydrogen-bond donors (Lipinski definition) is 1. The summed E-state index contributed by atoms with van der Waals surface area (Å²) < 4.78 is 13.7. The van der Waals surface area contributed by atoms with Crippen LogP contribution in [0.4, 0.5) is 0 Å². The number of carbonyl (C=O) groups excluding carboxylic acids is 1. The molecule has 0 atom stereocenters. The number of nitrogens with one attached hydrogen (secondary N) is 1. The van der Waals surface area contributed by atoms with Crippen LogP contribution in [0.15, 0.2) is 72.8 Å². The Morgan fingerprint density at radius 2 is 1.66 bits per heavy atom. The number of benzene rings is 3. The minimum Gasteiger partial charge on any atom is -0.493 e. The fourth-order valence-electron chi connectivity index (χ4n) is 4.52. The molecule has 0 aliphatic rings. The van der Waals surface area contributed by atoms with Crippen molar-refractivity contribution in [2.45, 2.75) is 51.5 Å². The molecule has 0 radical (unpaired) electrons. The molecule has 0 fully saturated rings. The first kappa shape index (κ1) is 27.5. The lowest BCUT2D eigenvalue weighted by atomic mass is 10.1. The quantitative estimate of drug-likeness (QED) is 0.174. The summed E-state index contributed by atoms with van der Waals surface area (Å²) in [5.41, 5.74) is 3.20. The highest BCUT2D eigenvalue weighted by molar-refractivity contribution is 6.30. The molecule has 1 N–H and O–H groups in total. The van der Waals surface area contributed by atoms with Gasteiger partial charge >= 0.3 is 0 Å². The van der Waals surface area contributed by atoms with Gasteiger partial charge in [-0.25, -0.2) is 4.98 Å². The first-order valence-electron chi connectivity index (χ1n) is 13.3. The van der Waals surface area contributed by atoms with Gasteiger partial charge in [0.25, 0.3) is 0 Å². The lowest BCUT2D eigenvalue weighted by molar-refractivity contribution is -0.120. The molecule has 7 heteroatoms. The third kappa shape index (κ3) is 7.99. The van der Waals surface area contributed by atoms with Gasteiger partial charge in [0.1, 0.15) is 5.82 Å². The van der Waals surface area contributed by atoms with Gasteiger partial charge in [0.2, 0.25) is 5.91 Å².